The van der Waals surface area contributed by atoms with Crippen molar-refractivity contribution in [1.82, 2.24) is 4.31 Å². The fourth-order valence-electron chi connectivity index (χ4n) is 3.22. The van der Waals surface area contributed by atoms with Gasteiger partial charge in [-0.25, -0.2) is 8.42 Å². The third-order valence-electron chi connectivity index (χ3n) is 4.74. The normalized spacial score (nSPS) is 24.9. The van der Waals surface area contributed by atoms with E-state index < -0.39 is 15.4 Å². The van der Waals surface area contributed by atoms with Gasteiger partial charge in [0.2, 0.25) is 15.9 Å². The Kier molecular flexibility index (Phi) is 3.57. The van der Waals surface area contributed by atoms with E-state index in [4.69, 9.17) is 0 Å². The lowest BCUT2D eigenvalue weighted by Crippen LogP contribution is -2.39. The number of anilines is 1. The first-order chi connectivity index (χ1) is 10.2. The van der Waals surface area contributed by atoms with Crippen molar-refractivity contribution in [1.29, 1.82) is 0 Å². The first kappa shape index (κ1) is 15.5. The van der Waals surface area contributed by atoms with Gasteiger partial charge in [-0.15, -0.1) is 0 Å². The van der Waals surface area contributed by atoms with Gasteiger partial charge in [0.1, 0.15) is 0 Å². The Morgan fingerprint density at radius 2 is 2.05 bits per heavy atom. The lowest BCUT2D eigenvalue weighted by atomic mass is 9.86. The van der Waals surface area contributed by atoms with Crippen LogP contribution in [0.2, 0.25) is 0 Å². The highest BCUT2D eigenvalue weighted by Crippen LogP contribution is 2.39. The summed E-state index contributed by atoms with van der Waals surface area (Å²) in [7, 11) is -3.49. The van der Waals surface area contributed by atoms with Gasteiger partial charge in [0.05, 0.1) is 10.3 Å². The number of benzene rings is 1. The molecule has 0 aliphatic carbocycles. The van der Waals surface area contributed by atoms with Crippen LogP contribution in [-0.2, 0) is 20.2 Å². The summed E-state index contributed by atoms with van der Waals surface area (Å²) in [5, 5.41) is 2.81. The summed E-state index contributed by atoms with van der Waals surface area (Å²) < 4.78 is 27.3. The van der Waals surface area contributed by atoms with Crippen LogP contribution < -0.4 is 5.32 Å². The summed E-state index contributed by atoms with van der Waals surface area (Å²) in [5.41, 5.74) is 0.764. The average Bonchev–Trinajstić information content (AvgIpc) is 2.69. The van der Waals surface area contributed by atoms with Crippen molar-refractivity contribution in [2.45, 2.75) is 43.9 Å². The molecule has 1 N–H and O–H groups in total. The van der Waals surface area contributed by atoms with Crippen LogP contribution in [0.15, 0.2) is 23.1 Å². The Labute approximate surface area is 131 Å². The molecule has 120 valence electrons. The van der Waals surface area contributed by atoms with Gasteiger partial charge in [0.25, 0.3) is 0 Å². The van der Waals surface area contributed by atoms with Crippen LogP contribution in [0.5, 0.6) is 0 Å². The number of nitrogens with one attached hydrogen (secondary N) is 1. The van der Waals surface area contributed by atoms with E-state index in [2.05, 4.69) is 12.2 Å². The summed E-state index contributed by atoms with van der Waals surface area (Å²) in [6.07, 6.45) is 1.97. The molecule has 2 aliphatic rings. The molecule has 0 bridgehead atoms. The highest BCUT2D eigenvalue weighted by Gasteiger charge is 2.39. The van der Waals surface area contributed by atoms with Crippen molar-refractivity contribution < 1.29 is 13.2 Å². The topological polar surface area (TPSA) is 66.5 Å². The van der Waals surface area contributed by atoms with Crippen molar-refractivity contribution in [3.8, 4) is 0 Å². The Morgan fingerprint density at radius 3 is 2.73 bits per heavy atom. The van der Waals surface area contributed by atoms with Gasteiger partial charge in [-0.05, 0) is 56.4 Å². The molecule has 22 heavy (non-hydrogen) atoms. The molecular weight excluding hydrogens is 300 g/mol. The monoisotopic (exact) mass is 322 g/mol. The highest BCUT2D eigenvalue weighted by molar-refractivity contribution is 7.89. The van der Waals surface area contributed by atoms with Crippen molar-refractivity contribution in [2.75, 3.05) is 18.4 Å². The molecule has 2 heterocycles. The zero-order valence-corrected chi connectivity index (χ0v) is 14.0. The van der Waals surface area contributed by atoms with Gasteiger partial charge in [-0.1, -0.05) is 6.92 Å². The quantitative estimate of drug-likeness (QED) is 0.909. The van der Waals surface area contributed by atoms with E-state index in [1.165, 1.54) is 0 Å². The summed E-state index contributed by atoms with van der Waals surface area (Å²) >= 11 is 0. The van der Waals surface area contributed by atoms with Gasteiger partial charge in [-0.2, -0.15) is 4.31 Å². The number of piperidine rings is 1. The van der Waals surface area contributed by atoms with Gasteiger partial charge in [0, 0.05) is 18.8 Å². The Morgan fingerprint density at radius 1 is 1.32 bits per heavy atom. The molecule has 1 aromatic rings. The van der Waals surface area contributed by atoms with Crippen molar-refractivity contribution in [3.05, 3.63) is 23.8 Å². The number of amides is 1. The number of carbonyl (C=O) groups excluding carboxylic acids is 1. The molecular formula is C16H22N2O3S. The van der Waals surface area contributed by atoms with Crippen LogP contribution >= 0.6 is 0 Å². The van der Waals surface area contributed by atoms with E-state index in [9.17, 15) is 13.2 Å². The van der Waals surface area contributed by atoms with Crippen LogP contribution in [0.1, 0.15) is 39.2 Å². The van der Waals surface area contributed by atoms with Crippen molar-refractivity contribution in [3.63, 3.8) is 0 Å². The van der Waals surface area contributed by atoms with Crippen LogP contribution in [0, 0.1) is 5.92 Å². The van der Waals surface area contributed by atoms with E-state index in [0.29, 0.717) is 24.7 Å². The standard InChI is InChI=1S/C16H22N2O3S/c1-11-5-4-8-18(10-11)22(20,21)12-6-7-14-13(9-12)16(2,3)15(19)17-14/h6-7,9,11H,4-5,8,10H2,1-3H3,(H,17,19)/t11-/m1/s1. The number of carbonyl (C=O) groups is 1. The summed E-state index contributed by atoms with van der Waals surface area (Å²) in [4.78, 5) is 12.3. The molecule has 5 nitrogen and oxygen atoms in total. The minimum Gasteiger partial charge on any atom is -0.325 e. The Balaban J connectivity index is 2.00. The average molecular weight is 322 g/mol. The second kappa shape index (κ2) is 5.06. The second-order valence-electron chi connectivity index (χ2n) is 6.90. The SMILES string of the molecule is C[C@@H]1CCCN(S(=O)(=O)c2ccc3c(c2)C(C)(C)C(=O)N3)C1. The maximum absolute atomic E-state index is 12.8. The smallest absolute Gasteiger partial charge is 0.243 e. The first-order valence-corrected chi connectivity index (χ1v) is 9.13. The van der Waals surface area contributed by atoms with Crippen LogP contribution in [0.25, 0.3) is 0 Å². The van der Waals surface area contributed by atoms with Crippen LogP contribution in [0.3, 0.4) is 0 Å². The summed E-state index contributed by atoms with van der Waals surface area (Å²) in [5.74, 6) is 0.293. The van der Waals surface area contributed by atoms with Gasteiger partial charge in [0.15, 0.2) is 0 Å². The lowest BCUT2D eigenvalue weighted by molar-refractivity contribution is -0.119. The number of fused-ring (bicyclic) bond motifs is 1. The third kappa shape index (κ3) is 2.34. The molecule has 3 rings (SSSR count). The lowest BCUT2D eigenvalue weighted by Gasteiger charge is -2.30. The van der Waals surface area contributed by atoms with Gasteiger partial charge in [-0.3, -0.25) is 4.79 Å². The Bertz CT molecular complexity index is 725. The Hall–Kier alpha value is -1.40. The number of hydrogen-bond donors (Lipinski definition) is 1. The maximum atomic E-state index is 12.8. The molecule has 0 aromatic heterocycles. The zero-order valence-electron chi connectivity index (χ0n) is 13.2. The molecule has 0 saturated carbocycles. The third-order valence-corrected chi connectivity index (χ3v) is 6.60. The number of hydrogen-bond acceptors (Lipinski definition) is 3. The fraction of sp³-hybridized carbons (Fsp3) is 0.562. The molecule has 1 aromatic carbocycles. The molecule has 1 fully saturated rings. The number of sulfonamides is 1. The van der Waals surface area contributed by atoms with E-state index >= 15 is 0 Å². The van der Waals surface area contributed by atoms with Gasteiger partial charge >= 0.3 is 0 Å². The number of rotatable bonds is 2. The molecule has 6 heteroatoms. The highest BCUT2D eigenvalue weighted by atomic mass is 32.2. The fourth-order valence-corrected chi connectivity index (χ4v) is 4.85. The second-order valence-corrected chi connectivity index (χ2v) is 8.83. The zero-order chi connectivity index (χ0) is 16.1. The van der Waals surface area contributed by atoms with Crippen LogP contribution in [0.4, 0.5) is 5.69 Å². The largest absolute Gasteiger partial charge is 0.325 e. The van der Waals surface area contributed by atoms with E-state index in [-0.39, 0.29) is 10.8 Å². The first-order valence-electron chi connectivity index (χ1n) is 7.69. The molecule has 0 unspecified atom stereocenters. The minimum absolute atomic E-state index is 0.0938. The van der Waals surface area contributed by atoms with E-state index in [0.717, 1.165) is 18.4 Å². The maximum Gasteiger partial charge on any atom is 0.243 e. The summed E-state index contributed by atoms with van der Waals surface area (Å²) in [6.45, 7) is 6.85. The predicted molar refractivity (Wildman–Crippen MR) is 85.3 cm³/mol. The molecule has 0 radical (unpaired) electrons. The van der Waals surface area contributed by atoms with Crippen LogP contribution in [-0.4, -0.2) is 31.7 Å². The molecule has 2 aliphatic heterocycles. The molecule has 1 atom stereocenters. The minimum atomic E-state index is -3.49. The molecule has 1 amide bonds. The van der Waals surface area contributed by atoms with Crippen molar-refractivity contribution in [2.24, 2.45) is 5.92 Å². The molecule has 1 saturated heterocycles. The van der Waals surface area contributed by atoms with E-state index in [1.807, 2.05) is 13.8 Å². The summed E-state index contributed by atoms with van der Waals surface area (Å²) in [6, 6.07) is 4.94. The number of nitrogens with zero attached hydrogens (tertiary/aromatic N) is 1. The van der Waals surface area contributed by atoms with Gasteiger partial charge < -0.3 is 5.32 Å². The molecule has 0 spiro atoms. The van der Waals surface area contributed by atoms with Crippen molar-refractivity contribution >= 4 is 21.6 Å². The van der Waals surface area contributed by atoms with E-state index in [1.54, 1.807) is 22.5 Å². The predicted octanol–water partition coefficient (Wildman–Crippen LogP) is 2.34.